The first-order valence-electron chi connectivity index (χ1n) is 42.3. The molecule has 8 heterocycles. The SMILES string of the molecule is c1ccc(-c2cccc(-c3ccccc3)c2N2c3ccccc3B3c4cc5c(cc4N(c4ccccc4)c4cc(N6C7CC8CC(C7)CC6C8)cc2c43)N(c2c(-c3ccccc3)cccc2-c2ccccc2)c2cc(N3C4CCCC3CCC4)cc3c2B5c2ccccc2N3c2c(-c3ccccc3)cccc2-c2ccccc2)cc1. The monoisotopic (exact) mass is 1480 g/mol. The van der Waals surface area contributed by atoms with Gasteiger partial charge in [0.1, 0.15) is 0 Å². The van der Waals surface area contributed by atoms with Crippen LogP contribution in [0, 0.1) is 11.8 Å². The van der Waals surface area contributed by atoms with Crippen LogP contribution in [0.2, 0.25) is 0 Å². The van der Waals surface area contributed by atoms with Crippen LogP contribution in [-0.4, -0.2) is 37.6 Å². The van der Waals surface area contributed by atoms with Crippen molar-refractivity contribution < 1.29 is 0 Å². The fourth-order valence-electron chi connectivity index (χ4n) is 23.4. The molecule has 2 aliphatic carbocycles. The molecule has 8 aliphatic heterocycles. The van der Waals surface area contributed by atoms with Crippen molar-refractivity contribution in [2.24, 2.45) is 11.8 Å². The molecule has 2 saturated carbocycles. The molecule has 115 heavy (non-hydrogen) atoms. The van der Waals surface area contributed by atoms with Crippen LogP contribution in [-0.2, 0) is 0 Å². The molecule has 15 aromatic rings. The Balaban J connectivity index is 0.847. The van der Waals surface area contributed by atoms with Gasteiger partial charge in [0.25, 0.3) is 13.4 Å². The Morgan fingerprint density at radius 3 is 0.843 bits per heavy atom. The molecule has 4 saturated heterocycles. The van der Waals surface area contributed by atoms with Gasteiger partial charge in [-0.1, -0.05) is 297 Å². The molecule has 0 N–H and O–H groups in total. The fourth-order valence-corrected chi connectivity index (χ4v) is 23.4. The topological polar surface area (TPSA) is 19.4 Å². The highest BCUT2D eigenvalue weighted by atomic mass is 15.3. The number of para-hydroxylation sites is 6. The molecule has 0 amide bonds. The molecule has 550 valence electrons. The van der Waals surface area contributed by atoms with Gasteiger partial charge in [0.05, 0.1) is 17.1 Å². The minimum absolute atomic E-state index is 0.197. The Kier molecular flexibility index (Phi) is 15.7. The van der Waals surface area contributed by atoms with Crippen LogP contribution in [0.4, 0.5) is 79.6 Å². The lowest BCUT2D eigenvalue weighted by Crippen LogP contribution is -2.65. The number of anilines is 14. The summed E-state index contributed by atoms with van der Waals surface area (Å²) < 4.78 is 0. The van der Waals surface area contributed by atoms with Gasteiger partial charge >= 0.3 is 0 Å². The highest BCUT2D eigenvalue weighted by Crippen LogP contribution is 2.59. The second-order valence-electron chi connectivity index (χ2n) is 33.9. The van der Waals surface area contributed by atoms with Gasteiger partial charge in [-0.2, -0.15) is 0 Å². The Hall–Kier alpha value is -12.8. The van der Waals surface area contributed by atoms with E-state index in [1.807, 2.05) is 0 Å². The molecule has 6 nitrogen and oxygen atoms in total. The van der Waals surface area contributed by atoms with E-state index in [2.05, 4.69) is 381 Å². The summed E-state index contributed by atoms with van der Waals surface area (Å²) in [7, 11) is 0. The van der Waals surface area contributed by atoms with Gasteiger partial charge in [0.15, 0.2) is 0 Å². The second kappa shape index (κ2) is 27.0. The minimum atomic E-state index is -0.225. The van der Waals surface area contributed by atoms with Crippen LogP contribution in [0.1, 0.15) is 70.6 Å². The van der Waals surface area contributed by atoms with Crippen molar-refractivity contribution in [3.63, 3.8) is 0 Å². The quantitative estimate of drug-likeness (QED) is 0.113. The van der Waals surface area contributed by atoms with Crippen LogP contribution >= 0.6 is 0 Å². The molecular weight excluding hydrogens is 1390 g/mol. The number of fused-ring (bicyclic) bond motifs is 10. The normalized spacial score (nSPS) is 19.5. The molecule has 0 aromatic heterocycles. The zero-order valence-corrected chi connectivity index (χ0v) is 64.6. The summed E-state index contributed by atoms with van der Waals surface area (Å²) in [4.78, 5) is 17.0. The van der Waals surface area contributed by atoms with Gasteiger partial charge in [-0.05, 0) is 203 Å². The van der Waals surface area contributed by atoms with Gasteiger partial charge in [0.2, 0.25) is 0 Å². The third kappa shape index (κ3) is 10.6. The number of hydrogen-bond acceptors (Lipinski definition) is 6. The molecule has 6 fully saturated rings. The van der Waals surface area contributed by atoms with Gasteiger partial charge < -0.3 is 29.4 Å². The predicted molar refractivity (Wildman–Crippen MR) is 485 cm³/mol. The highest BCUT2D eigenvalue weighted by Gasteiger charge is 2.53. The smallest absolute Gasteiger partial charge is 0.252 e. The summed E-state index contributed by atoms with van der Waals surface area (Å²) in [5.41, 5.74) is 39.1. The second-order valence-corrected chi connectivity index (χ2v) is 33.9. The number of piperidine rings is 4. The van der Waals surface area contributed by atoms with E-state index in [4.69, 9.17) is 0 Å². The van der Waals surface area contributed by atoms with E-state index in [1.54, 1.807) is 0 Å². The first-order chi connectivity index (χ1) is 57.1. The average molecular weight is 1480 g/mol. The maximum Gasteiger partial charge on any atom is 0.252 e. The fraction of sp³-hybridized carbons (Fsp3) is 0.159. The number of rotatable bonds is 12. The van der Waals surface area contributed by atoms with E-state index in [0.717, 1.165) is 17.5 Å². The van der Waals surface area contributed by atoms with Gasteiger partial charge in [0, 0.05) is 120 Å². The third-order valence-corrected chi connectivity index (χ3v) is 27.7. The van der Waals surface area contributed by atoms with E-state index in [9.17, 15) is 0 Å². The van der Waals surface area contributed by atoms with Crippen LogP contribution in [0.15, 0.2) is 352 Å². The standard InChI is InChI=1S/C107H86B2N6/c1-8-31-72(32-9-1)85-49-28-50-86(73-33-10-2-11-34-73)105(85)113-95-57-24-22-55-91(95)108-93-68-94-98(69-97(93)112(80-43-20-7-21-44-80)99-64-84(67-100(113)103(99)108)111-81-60-70-59-71(62-81)63-82(111)61-70)115(107-89(76-39-16-5-17-40-76)53-30-54-90(107)77-41-18-6-19-42-77)102-66-83(110-78-45-26-46-79(110)48-27-47-78)65-101-104(102)109(94)92-56-23-25-58-96(92)114(101)106-87(74-35-12-3-13-36-74)51-29-52-88(106)75-37-14-4-15-38-75/h1-25,28-44,49-58,64-71,78-79,81-82H,26-27,45-48,59-63H2. The lowest BCUT2D eigenvalue weighted by atomic mass is 9.30. The van der Waals surface area contributed by atoms with Crippen LogP contribution in [0.25, 0.3) is 66.8 Å². The lowest BCUT2D eigenvalue weighted by molar-refractivity contribution is 0.0900. The Morgan fingerprint density at radius 2 is 0.496 bits per heavy atom. The summed E-state index contributed by atoms with van der Waals surface area (Å²) in [6, 6.07) is 138. The average Bonchev–Trinajstić information content (AvgIpc) is 0.678. The number of nitrogens with zero attached hydrogens (tertiary/aromatic N) is 6. The largest absolute Gasteiger partial charge is 0.365 e. The number of benzene rings is 15. The first-order valence-corrected chi connectivity index (χ1v) is 42.3. The van der Waals surface area contributed by atoms with Crippen molar-refractivity contribution in [3.05, 3.63) is 352 Å². The lowest BCUT2D eigenvalue weighted by Gasteiger charge is -2.58. The molecule has 0 unspecified atom stereocenters. The third-order valence-electron chi connectivity index (χ3n) is 27.7. The van der Waals surface area contributed by atoms with E-state index in [1.165, 1.54) is 244 Å². The van der Waals surface area contributed by atoms with Crippen molar-refractivity contribution >= 4 is 126 Å². The van der Waals surface area contributed by atoms with E-state index in [-0.39, 0.29) is 13.4 Å². The van der Waals surface area contributed by atoms with Crippen molar-refractivity contribution in [2.75, 3.05) is 29.4 Å². The minimum Gasteiger partial charge on any atom is -0.365 e. The molecule has 15 aromatic carbocycles. The van der Waals surface area contributed by atoms with Crippen molar-refractivity contribution in [3.8, 4) is 66.8 Å². The summed E-state index contributed by atoms with van der Waals surface area (Å²) in [5, 5.41) is 0. The molecule has 8 heteroatoms. The van der Waals surface area contributed by atoms with Crippen LogP contribution in [0.3, 0.4) is 0 Å². The van der Waals surface area contributed by atoms with Crippen molar-refractivity contribution in [2.45, 2.75) is 94.8 Å². The maximum absolute atomic E-state index is 2.96. The van der Waals surface area contributed by atoms with Gasteiger partial charge in [-0.25, -0.2) is 0 Å². The molecular formula is C107H86B2N6. The maximum atomic E-state index is 2.96. The highest BCUT2D eigenvalue weighted by molar-refractivity contribution is 7.03. The molecule has 0 atom stereocenters. The number of hydrogen-bond donors (Lipinski definition) is 0. The Morgan fingerprint density at radius 1 is 0.209 bits per heavy atom. The zero-order chi connectivity index (χ0) is 75.3. The summed E-state index contributed by atoms with van der Waals surface area (Å²) in [6.45, 7) is -0.422. The van der Waals surface area contributed by atoms with Gasteiger partial charge in [-0.15, -0.1) is 0 Å². The van der Waals surface area contributed by atoms with Gasteiger partial charge in [-0.3, -0.25) is 0 Å². The first kappa shape index (κ1) is 66.8. The Bertz CT molecular complexity index is 6100. The van der Waals surface area contributed by atoms with Crippen molar-refractivity contribution in [1.82, 2.24) is 0 Å². The molecule has 10 aliphatic rings. The predicted octanol–water partition coefficient (Wildman–Crippen LogP) is 23.5. The molecule has 0 spiro atoms. The summed E-state index contributed by atoms with van der Waals surface area (Å²) >= 11 is 0. The summed E-state index contributed by atoms with van der Waals surface area (Å²) in [5.74, 6) is 1.58. The molecule has 0 radical (unpaired) electrons. The Labute approximate surface area is 676 Å². The molecule has 6 bridgehead atoms. The van der Waals surface area contributed by atoms with Crippen molar-refractivity contribution in [1.29, 1.82) is 0 Å². The zero-order valence-electron chi connectivity index (χ0n) is 64.6. The molecule has 25 rings (SSSR count). The van der Waals surface area contributed by atoms with Crippen LogP contribution < -0.4 is 62.2 Å². The van der Waals surface area contributed by atoms with Crippen LogP contribution in [0.5, 0.6) is 0 Å². The van der Waals surface area contributed by atoms with E-state index < -0.39 is 0 Å². The van der Waals surface area contributed by atoms with E-state index >= 15 is 0 Å². The summed E-state index contributed by atoms with van der Waals surface area (Å²) in [6.07, 6.45) is 13.7. The van der Waals surface area contributed by atoms with E-state index in [0.29, 0.717) is 24.2 Å².